The molecule has 4 nitrogen and oxygen atoms in total. The van der Waals surface area contributed by atoms with Gasteiger partial charge in [0.05, 0.1) is 13.2 Å². The Morgan fingerprint density at radius 3 is 2.64 bits per heavy atom. The van der Waals surface area contributed by atoms with Crippen LogP contribution in [0.1, 0.15) is 18.4 Å². The topological polar surface area (TPSA) is 38.8 Å². The number of nitrogens with zero attached hydrogens (tertiary/aromatic N) is 1. The second kappa shape index (κ2) is 7.56. The van der Waals surface area contributed by atoms with Crippen molar-refractivity contribution in [2.24, 2.45) is 5.92 Å². The van der Waals surface area contributed by atoms with Crippen LogP contribution in [0.15, 0.2) is 30.3 Å². The second-order valence-electron chi connectivity index (χ2n) is 5.88. The minimum absolute atomic E-state index is 0.255. The molecule has 0 aromatic heterocycles. The number of carbonyl (C=O) groups excluding carboxylic acids is 1. The van der Waals surface area contributed by atoms with E-state index < -0.39 is 0 Å². The SMILES string of the molecule is O=C(/C=C/c1ccc(OCCN2CCOCC2)cc1)C1CC1. The lowest BCUT2D eigenvalue weighted by molar-refractivity contribution is -0.115. The second-order valence-corrected chi connectivity index (χ2v) is 5.88. The van der Waals surface area contributed by atoms with Gasteiger partial charge in [-0.25, -0.2) is 0 Å². The summed E-state index contributed by atoms with van der Waals surface area (Å²) in [5.74, 6) is 1.42. The van der Waals surface area contributed by atoms with E-state index in [1.54, 1.807) is 6.08 Å². The van der Waals surface area contributed by atoms with Gasteiger partial charge in [-0.2, -0.15) is 0 Å². The van der Waals surface area contributed by atoms with Crippen LogP contribution in [0.4, 0.5) is 0 Å². The number of morpholine rings is 1. The van der Waals surface area contributed by atoms with Crippen LogP contribution < -0.4 is 4.74 Å². The van der Waals surface area contributed by atoms with Crippen LogP contribution in [0.25, 0.3) is 6.08 Å². The van der Waals surface area contributed by atoms with Crippen molar-refractivity contribution in [3.8, 4) is 5.75 Å². The van der Waals surface area contributed by atoms with Crippen LogP contribution in [-0.2, 0) is 9.53 Å². The summed E-state index contributed by atoms with van der Waals surface area (Å²) in [6.45, 7) is 5.24. The van der Waals surface area contributed by atoms with Crippen LogP contribution in [0, 0.1) is 5.92 Å². The first-order valence-corrected chi connectivity index (χ1v) is 8.06. The summed E-state index contributed by atoms with van der Waals surface area (Å²) in [6, 6.07) is 7.89. The third-order valence-electron chi connectivity index (χ3n) is 4.08. The van der Waals surface area contributed by atoms with E-state index in [1.165, 1.54) is 0 Å². The third-order valence-corrected chi connectivity index (χ3v) is 4.08. The van der Waals surface area contributed by atoms with Crippen LogP contribution in [0.2, 0.25) is 0 Å². The molecule has 0 radical (unpaired) electrons. The predicted molar refractivity (Wildman–Crippen MR) is 86.0 cm³/mol. The lowest BCUT2D eigenvalue weighted by atomic mass is 10.1. The molecule has 4 heteroatoms. The zero-order valence-corrected chi connectivity index (χ0v) is 12.9. The van der Waals surface area contributed by atoms with E-state index in [4.69, 9.17) is 9.47 Å². The molecule has 0 N–H and O–H groups in total. The Kier molecular flexibility index (Phi) is 5.24. The molecular weight excluding hydrogens is 278 g/mol. The number of carbonyl (C=O) groups is 1. The monoisotopic (exact) mass is 301 g/mol. The van der Waals surface area contributed by atoms with Crippen molar-refractivity contribution >= 4 is 11.9 Å². The molecule has 1 aliphatic carbocycles. The summed E-state index contributed by atoms with van der Waals surface area (Å²) >= 11 is 0. The van der Waals surface area contributed by atoms with Crippen LogP contribution in [-0.4, -0.2) is 50.1 Å². The highest BCUT2D eigenvalue weighted by atomic mass is 16.5. The summed E-state index contributed by atoms with van der Waals surface area (Å²) in [5.41, 5.74) is 1.04. The number of allylic oxidation sites excluding steroid dienone is 1. The Morgan fingerprint density at radius 1 is 1.23 bits per heavy atom. The smallest absolute Gasteiger partial charge is 0.158 e. The largest absolute Gasteiger partial charge is 0.492 e. The first kappa shape index (κ1) is 15.3. The van der Waals surface area contributed by atoms with Gasteiger partial charge < -0.3 is 9.47 Å². The maximum Gasteiger partial charge on any atom is 0.158 e. The average molecular weight is 301 g/mol. The molecule has 1 heterocycles. The van der Waals surface area contributed by atoms with Gasteiger partial charge in [0.25, 0.3) is 0 Å². The van der Waals surface area contributed by atoms with Gasteiger partial charge in [-0.15, -0.1) is 0 Å². The molecule has 1 saturated heterocycles. The average Bonchev–Trinajstić information content (AvgIpc) is 3.40. The molecule has 1 aromatic carbocycles. The lowest BCUT2D eigenvalue weighted by Gasteiger charge is -2.26. The van der Waals surface area contributed by atoms with E-state index in [0.717, 1.165) is 57.0 Å². The minimum atomic E-state index is 0.255. The van der Waals surface area contributed by atoms with Crippen LogP contribution >= 0.6 is 0 Å². The van der Waals surface area contributed by atoms with E-state index in [0.29, 0.717) is 12.5 Å². The van der Waals surface area contributed by atoms with Gasteiger partial charge in [0, 0.05) is 25.6 Å². The molecule has 0 atom stereocenters. The normalized spacial score (nSPS) is 19.5. The first-order valence-electron chi connectivity index (χ1n) is 8.06. The molecule has 0 amide bonds. The highest BCUT2D eigenvalue weighted by Crippen LogP contribution is 2.30. The molecule has 1 aromatic rings. The highest BCUT2D eigenvalue weighted by Gasteiger charge is 2.27. The van der Waals surface area contributed by atoms with Gasteiger partial charge >= 0.3 is 0 Å². The number of benzene rings is 1. The van der Waals surface area contributed by atoms with Crippen molar-refractivity contribution in [3.63, 3.8) is 0 Å². The molecular formula is C18H23NO3. The molecule has 2 aliphatic rings. The quantitative estimate of drug-likeness (QED) is 0.725. The van der Waals surface area contributed by atoms with Gasteiger partial charge in [-0.1, -0.05) is 18.2 Å². The highest BCUT2D eigenvalue weighted by molar-refractivity contribution is 5.96. The molecule has 118 valence electrons. The number of hydrogen-bond acceptors (Lipinski definition) is 4. The molecule has 3 rings (SSSR count). The van der Waals surface area contributed by atoms with E-state index in [2.05, 4.69) is 4.90 Å². The van der Waals surface area contributed by atoms with E-state index in [9.17, 15) is 4.79 Å². The summed E-state index contributed by atoms with van der Waals surface area (Å²) in [7, 11) is 0. The van der Waals surface area contributed by atoms with Crippen molar-refractivity contribution in [2.75, 3.05) is 39.5 Å². The Morgan fingerprint density at radius 2 is 1.95 bits per heavy atom. The van der Waals surface area contributed by atoms with E-state index in [1.807, 2.05) is 30.3 Å². The first-order chi connectivity index (χ1) is 10.8. The fourth-order valence-electron chi connectivity index (χ4n) is 2.47. The van der Waals surface area contributed by atoms with Crippen molar-refractivity contribution in [1.29, 1.82) is 0 Å². The van der Waals surface area contributed by atoms with Crippen LogP contribution in [0.5, 0.6) is 5.75 Å². The number of hydrogen-bond donors (Lipinski definition) is 0. The minimum Gasteiger partial charge on any atom is -0.492 e. The summed E-state index contributed by atoms with van der Waals surface area (Å²) in [5, 5.41) is 0. The van der Waals surface area contributed by atoms with Crippen LogP contribution in [0.3, 0.4) is 0 Å². The molecule has 2 fully saturated rings. The van der Waals surface area contributed by atoms with Gasteiger partial charge in [-0.05, 0) is 36.6 Å². The van der Waals surface area contributed by atoms with Crippen molar-refractivity contribution in [1.82, 2.24) is 4.90 Å². The van der Waals surface area contributed by atoms with Crippen molar-refractivity contribution < 1.29 is 14.3 Å². The predicted octanol–water partition coefficient (Wildman–Crippen LogP) is 2.39. The lowest BCUT2D eigenvalue weighted by Crippen LogP contribution is -2.38. The Bertz CT molecular complexity index is 514. The molecule has 0 unspecified atom stereocenters. The molecule has 22 heavy (non-hydrogen) atoms. The molecule has 1 saturated carbocycles. The number of ether oxygens (including phenoxy) is 2. The van der Waals surface area contributed by atoms with E-state index >= 15 is 0 Å². The Hall–Kier alpha value is -1.65. The fraction of sp³-hybridized carbons (Fsp3) is 0.500. The molecule has 0 bridgehead atoms. The zero-order valence-electron chi connectivity index (χ0n) is 12.9. The van der Waals surface area contributed by atoms with Gasteiger partial charge in [0.1, 0.15) is 12.4 Å². The Balaban J connectivity index is 1.41. The Labute approximate surface area is 131 Å². The molecule has 0 spiro atoms. The maximum atomic E-state index is 11.6. The number of ketones is 1. The third kappa shape index (κ3) is 4.68. The molecule has 1 aliphatic heterocycles. The van der Waals surface area contributed by atoms with Gasteiger partial charge in [0.2, 0.25) is 0 Å². The van der Waals surface area contributed by atoms with Gasteiger partial charge in [0.15, 0.2) is 5.78 Å². The standard InChI is InChI=1S/C18H23NO3/c20-18(16-4-5-16)8-3-15-1-6-17(7-2-15)22-14-11-19-9-12-21-13-10-19/h1-3,6-8,16H,4-5,9-14H2/b8-3+. The van der Waals surface area contributed by atoms with Crippen molar-refractivity contribution in [3.05, 3.63) is 35.9 Å². The van der Waals surface area contributed by atoms with Crippen molar-refractivity contribution in [2.45, 2.75) is 12.8 Å². The summed E-state index contributed by atoms with van der Waals surface area (Å²) in [4.78, 5) is 14.0. The maximum absolute atomic E-state index is 11.6. The fourth-order valence-corrected chi connectivity index (χ4v) is 2.47. The summed E-state index contributed by atoms with van der Waals surface area (Å²) in [6.07, 6.45) is 5.70. The number of rotatable bonds is 7. The zero-order chi connectivity index (χ0) is 15.2. The summed E-state index contributed by atoms with van der Waals surface area (Å²) < 4.78 is 11.1. The van der Waals surface area contributed by atoms with Gasteiger partial charge in [-0.3, -0.25) is 9.69 Å². The van der Waals surface area contributed by atoms with E-state index in [-0.39, 0.29) is 5.78 Å².